The Hall–Kier alpha value is -3.24. The zero-order valence-corrected chi connectivity index (χ0v) is 20.1. The van der Waals surface area contributed by atoms with Crippen molar-refractivity contribution in [1.82, 2.24) is 9.21 Å². The van der Waals surface area contributed by atoms with E-state index in [9.17, 15) is 22.8 Å². The smallest absolute Gasteiger partial charge is 0.325 e. The Bertz CT molecular complexity index is 1160. The Morgan fingerprint density at radius 1 is 1.06 bits per heavy atom. The van der Waals surface area contributed by atoms with Gasteiger partial charge in [0.2, 0.25) is 15.9 Å². The molecule has 1 fully saturated rings. The van der Waals surface area contributed by atoms with Crippen molar-refractivity contribution in [3.63, 3.8) is 0 Å². The number of amides is 4. The average molecular weight is 473 g/mol. The van der Waals surface area contributed by atoms with Gasteiger partial charge < -0.3 is 5.32 Å². The van der Waals surface area contributed by atoms with Gasteiger partial charge in [0.1, 0.15) is 12.6 Å². The minimum absolute atomic E-state index is 0.101. The number of anilines is 2. The van der Waals surface area contributed by atoms with Crippen molar-refractivity contribution in [2.45, 2.75) is 44.7 Å². The number of rotatable bonds is 7. The SMILES string of the molecule is Cc1ccc(N2C(=O)N(CC(=O)Nc3ccc(S(=O)(=O)N(C)C(C)C)cc3)C(=O)[C@@H]2C)cc1. The van der Waals surface area contributed by atoms with Gasteiger partial charge in [-0.3, -0.25) is 19.4 Å². The first-order chi connectivity index (χ1) is 15.4. The maximum absolute atomic E-state index is 12.9. The van der Waals surface area contributed by atoms with E-state index >= 15 is 0 Å². The van der Waals surface area contributed by atoms with Gasteiger partial charge >= 0.3 is 6.03 Å². The van der Waals surface area contributed by atoms with Crippen LogP contribution in [-0.4, -0.2) is 61.1 Å². The molecule has 3 rings (SSSR count). The van der Waals surface area contributed by atoms with Crippen LogP contribution in [0.1, 0.15) is 26.3 Å². The van der Waals surface area contributed by atoms with E-state index in [1.165, 1.54) is 40.5 Å². The van der Waals surface area contributed by atoms with E-state index in [-0.39, 0.29) is 10.9 Å². The molecule has 0 bridgehead atoms. The van der Waals surface area contributed by atoms with Crippen LogP contribution in [0.3, 0.4) is 0 Å². The van der Waals surface area contributed by atoms with Crippen molar-refractivity contribution in [1.29, 1.82) is 0 Å². The first-order valence-electron chi connectivity index (χ1n) is 10.5. The van der Waals surface area contributed by atoms with Gasteiger partial charge in [0.25, 0.3) is 5.91 Å². The summed E-state index contributed by atoms with van der Waals surface area (Å²) in [6, 6.07) is 11.4. The number of aryl methyl sites for hydroxylation is 1. The Labute approximate surface area is 194 Å². The van der Waals surface area contributed by atoms with Gasteiger partial charge in [-0.1, -0.05) is 17.7 Å². The van der Waals surface area contributed by atoms with E-state index in [0.29, 0.717) is 11.4 Å². The predicted octanol–water partition coefficient (Wildman–Crippen LogP) is 2.82. The van der Waals surface area contributed by atoms with Crippen molar-refractivity contribution in [2.24, 2.45) is 0 Å². The summed E-state index contributed by atoms with van der Waals surface area (Å²) in [4.78, 5) is 40.4. The van der Waals surface area contributed by atoms with Gasteiger partial charge in [0.15, 0.2) is 0 Å². The number of hydrogen-bond acceptors (Lipinski definition) is 5. The van der Waals surface area contributed by atoms with Crippen LogP contribution in [0.2, 0.25) is 0 Å². The highest BCUT2D eigenvalue weighted by molar-refractivity contribution is 7.89. The molecule has 0 aliphatic carbocycles. The highest BCUT2D eigenvalue weighted by Crippen LogP contribution is 2.26. The molecule has 9 nitrogen and oxygen atoms in total. The maximum atomic E-state index is 12.9. The van der Waals surface area contributed by atoms with Crippen molar-refractivity contribution in [3.8, 4) is 0 Å². The summed E-state index contributed by atoms with van der Waals surface area (Å²) in [5.41, 5.74) is 1.96. The molecule has 1 heterocycles. The molecular weight excluding hydrogens is 444 g/mol. The number of nitrogens with zero attached hydrogens (tertiary/aromatic N) is 3. The summed E-state index contributed by atoms with van der Waals surface area (Å²) in [6.45, 7) is 6.64. The van der Waals surface area contributed by atoms with E-state index < -0.39 is 40.5 Å². The second-order valence-corrected chi connectivity index (χ2v) is 10.3. The molecule has 1 atom stereocenters. The highest BCUT2D eigenvalue weighted by Gasteiger charge is 2.44. The third-order valence-corrected chi connectivity index (χ3v) is 7.65. The minimum Gasteiger partial charge on any atom is -0.325 e. The number of urea groups is 1. The molecule has 2 aromatic carbocycles. The zero-order valence-electron chi connectivity index (χ0n) is 19.3. The first kappa shape index (κ1) is 24.4. The average Bonchev–Trinajstić information content (AvgIpc) is 2.97. The zero-order chi connectivity index (χ0) is 24.5. The lowest BCUT2D eigenvalue weighted by molar-refractivity contribution is -0.130. The fourth-order valence-corrected chi connectivity index (χ4v) is 4.78. The van der Waals surface area contributed by atoms with Gasteiger partial charge in [-0.25, -0.2) is 13.2 Å². The van der Waals surface area contributed by atoms with Crippen molar-refractivity contribution >= 4 is 39.2 Å². The van der Waals surface area contributed by atoms with E-state index in [1.54, 1.807) is 32.9 Å². The normalized spacial score (nSPS) is 16.8. The Kier molecular flexibility index (Phi) is 6.89. The molecule has 0 aromatic heterocycles. The Morgan fingerprint density at radius 2 is 1.64 bits per heavy atom. The van der Waals surface area contributed by atoms with Crippen molar-refractivity contribution in [3.05, 3.63) is 54.1 Å². The number of imide groups is 1. The monoisotopic (exact) mass is 472 g/mol. The van der Waals surface area contributed by atoms with Gasteiger partial charge in [-0.2, -0.15) is 4.31 Å². The van der Waals surface area contributed by atoms with Crippen LogP contribution in [0.5, 0.6) is 0 Å². The summed E-state index contributed by atoms with van der Waals surface area (Å²) >= 11 is 0. The fourth-order valence-electron chi connectivity index (χ4n) is 3.41. The first-order valence-corrected chi connectivity index (χ1v) is 12.0. The molecule has 0 saturated carbocycles. The van der Waals surface area contributed by atoms with Crippen molar-refractivity contribution < 1.29 is 22.8 Å². The number of nitrogens with one attached hydrogen (secondary N) is 1. The summed E-state index contributed by atoms with van der Waals surface area (Å²) in [7, 11) is -2.14. The third-order valence-electron chi connectivity index (χ3n) is 5.60. The Balaban J connectivity index is 1.69. The summed E-state index contributed by atoms with van der Waals surface area (Å²) < 4.78 is 26.4. The third kappa shape index (κ3) is 4.91. The Morgan fingerprint density at radius 3 is 2.18 bits per heavy atom. The summed E-state index contributed by atoms with van der Waals surface area (Å²) in [6.07, 6.45) is 0. The lowest BCUT2D eigenvalue weighted by atomic mass is 10.2. The molecule has 1 aliphatic heterocycles. The quantitative estimate of drug-likeness (QED) is 0.624. The molecule has 0 unspecified atom stereocenters. The molecular formula is C23H28N4O5S. The molecule has 2 aromatic rings. The molecule has 0 spiro atoms. The molecule has 1 aliphatic rings. The molecule has 176 valence electrons. The summed E-state index contributed by atoms with van der Waals surface area (Å²) in [5, 5.41) is 2.61. The lowest BCUT2D eigenvalue weighted by Gasteiger charge is -2.21. The number of carbonyl (C=O) groups is 3. The second kappa shape index (κ2) is 9.32. The van der Waals surface area contributed by atoms with Crippen LogP contribution >= 0.6 is 0 Å². The summed E-state index contributed by atoms with van der Waals surface area (Å²) in [5.74, 6) is -1.03. The molecule has 10 heteroatoms. The van der Waals surface area contributed by atoms with Gasteiger partial charge in [0.05, 0.1) is 4.90 Å². The lowest BCUT2D eigenvalue weighted by Crippen LogP contribution is -2.39. The maximum Gasteiger partial charge on any atom is 0.332 e. The molecule has 4 amide bonds. The largest absolute Gasteiger partial charge is 0.332 e. The highest BCUT2D eigenvalue weighted by atomic mass is 32.2. The minimum atomic E-state index is -3.64. The molecule has 33 heavy (non-hydrogen) atoms. The second-order valence-electron chi connectivity index (χ2n) is 8.28. The van der Waals surface area contributed by atoms with Gasteiger partial charge in [-0.05, 0) is 64.1 Å². The van der Waals surface area contributed by atoms with Crippen LogP contribution in [0.4, 0.5) is 16.2 Å². The van der Waals surface area contributed by atoms with Gasteiger partial charge in [0, 0.05) is 24.5 Å². The van der Waals surface area contributed by atoms with E-state index in [4.69, 9.17) is 0 Å². The molecule has 1 N–H and O–H groups in total. The predicted molar refractivity (Wildman–Crippen MR) is 125 cm³/mol. The topological polar surface area (TPSA) is 107 Å². The van der Waals surface area contributed by atoms with E-state index in [2.05, 4.69) is 5.32 Å². The molecule has 0 radical (unpaired) electrons. The molecule has 1 saturated heterocycles. The van der Waals surface area contributed by atoms with E-state index in [1.807, 2.05) is 19.1 Å². The van der Waals surface area contributed by atoms with Crippen LogP contribution < -0.4 is 10.2 Å². The standard InChI is InChI=1S/C23H28N4O5S/c1-15(2)25(5)33(31,32)20-12-8-18(9-13-20)24-21(28)14-26-22(29)17(4)27(23(26)30)19-10-6-16(3)7-11-19/h6-13,15,17H,14H2,1-5H3,(H,24,28)/t17-/m0/s1. The van der Waals surface area contributed by atoms with Crippen LogP contribution in [0, 0.1) is 6.92 Å². The van der Waals surface area contributed by atoms with E-state index in [0.717, 1.165) is 10.5 Å². The van der Waals surface area contributed by atoms with Crippen LogP contribution in [0.15, 0.2) is 53.4 Å². The number of sulfonamides is 1. The number of carbonyl (C=O) groups excluding carboxylic acids is 3. The number of benzene rings is 2. The van der Waals surface area contributed by atoms with Crippen LogP contribution in [0.25, 0.3) is 0 Å². The van der Waals surface area contributed by atoms with Crippen molar-refractivity contribution in [2.75, 3.05) is 23.8 Å². The van der Waals surface area contributed by atoms with Crippen LogP contribution in [-0.2, 0) is 19.6 Å². The van der Waals surface area contributed by atoms with Gasteiger partial charge in [-0.15, -0.1) is 0 Å². The fraction of sp³-hybridized carbons (Fsp3) is 0.348. The number of hydrogen-bond donors (Lipinski definition) is 1.